The number of methoxy groups -OCH3 is 1. The number of rotatable bonds is 8. The van der Waals surface area contributed by atoms with Crippen molar-refractivity contribution >= 4 is 23.5 Å². The highest BCUT2D eigenvalue weighted by Gasteiger charge is 2.11. The van der Waals surface area contributed by atoms with Crippen LogP contribution in [-0.2, 0) is 11.8 Å². The topological polar surface area (TPSA) is 82.4 Å². The van der Waals surface area contributed by atoms with E-state index in [2.05, 4.69) is 10.4 Å². The van der Waals surface area contributed by atoms with Crippen molar-refractivity contribution in [3.05, 3.63) is 77.1 Å². The third-order valence-electron chi connectivity index (χ3n) is 4.81. The lowest BCUT2D eigenvalue weighted by atomic mass is 10.1. The zero-order chi connectivity index (χ0) is 22.4. The van der Waals surface area contributed by atoms with Crippen LogP contribution in [-0.4, -0.2) is 35.2 Å². The second-order valence-corrected chi connectivity index (χ2v) is 7.08. The largest absolute Gasteiger partial charge is 0.493 e. The highest BCUT2D eigenvalue weighted by molar-refractivity contribution is 6.07. The van der Waals surface area contributed by atoms with Crippen LogP contribution in [0.15, 0.2) is 54.7 Å². The van der Waals surface area contributed by atoms with Gasteiger partial charge in [0.15, 0.2) is 23.9 Å². The first-order valence-corrected chi connectivity index (χ1v) is 9.75. The lowest BCUT2D eigenvalue weighted by Crippen LogP contribution is -2.20. The van der Waals surface area contributed by atoms with Crippen LogP contribution in [0, 0.1) is 13.8 Å². The average molecular weight is 419 g/mol. The molecule has 1 N–H and O–H groups in total. The predicted octanol–water partition coefficient (Wildman–Crippen LogP) is 3.96. The minimum atomic E-state index is -0.271. The Kier molecular flexibility index (Phi) is 6.87. The number of amides is 1. The van der Waals surface area contributed by atoms with Gasteiger partial charge in [0, 0.05) is 18.4 Å². The Labute approximate surface area is 181 Å². The van der Waals surface area contributed by atoms with E-state index in [1.165, 1.54) is 13.2 Å². The van der Waals surface area contributed by atoms with Gasteiger partial charge in [0.05, 0.1) is 18.9 Å². The zero-order valence-electron chi connectivity index (χ0n) is 18.0. The molecule has 0 spiro atoms. The molecule has 160 valence electrons. The van der Waals surface area contributed by atoms with Crippen molar-refractivity contribution in [3.63, 3.8) is 0 Å². The Balaban J connectivity index is 1.62. The van der Waals surface area contributed by atoms with Crippen LogP contribution in [0.4, 0.5) is 5.69 Å². The molecule has 0 atom stereocenters. The van der Waals surface area contributed by atoms with Gasteiger partial charge in [-0.3, -0.25) is 14.3 Å². The van der Waals surface area contributed by atoms with Crippen LogP contribution in [0.2, 0.25) is 0 Å². The fourth-order valence-corrected chi connectivity index (χ4v) is 2.89. The van der Waals surface area contributed by atoms with Gasteiger partial charge in [-0.25, -0.2) is 0 Å². The van der Waals surface area contributed by atoms with Crippen molar-refractivity contribution in [2.45, 2.75) is 13.8 Å². The van der Waals surface area contributed by atoms with E-state index in [0.717, 1.165) is 16.8 Å². The number of allylic oxidation sites excluding steroid dienone is 1. The summed E-state index contributed by atoms with van der Waals surface area (Å²) in [6.45, 7) is 3.67. The standard InChI is InChI=1S/C24H25N3O4/c1-16-5-9-19(10-6-16)26-24(29)15-31-22-12-8-18(13-23(22)30-4)7-11-21(28)20-14-25-27(3)17(20)2/h5-14H,15H2,1-4H3,(H,26,29)/b11-7+. The van der Waals surface area contributed by atoms with Crippen LogP contribution in [0.3, 0.4) is 0 Å². The van der Waals surface area contributed by atoms with Gasteiger partial charge >= 0.3 is 0 Å². The number of anilines is 1. The van der Waals surface area contributed by atoms with E-state index in [-0.39, 0.29) is 18.3 Å². The Morgan fingerprint density at radius 3 is 2.48 bits per heavy atom. The van der Waals surface area contributed by atoms with Crippen molar-refractivity contribution < 1.29 is 19.1 Å². The molecule has 2 aromatic carbocycles. The van der Waals surface area contributed by atoms with Crippen molar-refractivity contribution in [1.29, 1.82) is 0 Å². The van der Waals surface area contributed by atoms with Gasteiger partial charge in [0.1, 0.15) is 0 Å². The number of nitrogens with one attached hydrogen (secondary N) is 1. The van der Waals surface area contributed by atoms with E-state index >= 15 is 0 Å². The third-order valence-corrected chi connectivity index (χ3v) is 4.81. The van der Waals surface area contributed by atoms with Gasteiger partial charge in [-0.1, -0.05) is 29.8 Å². The number of hydrogen-bond donors (Lipinski definition) is 1. The molecule has 0 aliphatic rings. The molecule has 7 nitrogen and oxygen atoms in total. The van der Waals surface area contributed by atoms with E-state index in [4.69, 9.17) is 9.47 Å². The van der Waals surface area contributed by atoms with Crippen LogP contribution in [0.25, 0.3) is 6.08 Å². The van der Waals surface area contributed by atoms with Crippen LogP contribution in [0.5, 0.6) is 11.5 Å². The molecule has 3 aromatic rings. The van der Waals surface area contributed by atoms with Gasteiger partial charge in [-0.2, -0.15) is 5.10 Å². The molecule has 0 saturated heterocycles. The van der Waals surface area contributed by atoms with E-state index < -0.39 is 0 Å². The van der Waals surface area contributed by atoms with Crippen LogP contribution >= 0.6 is 0 Å². The average Bonchev–Trinajstić information content (AvgIpc) is 3.10. The molecule has 0 aliphatic heterocycles. The molecule has 0 fully saturated rings. The summed E-state index contributed by atoms with van der Waals surface area (Å²) >= 11 is 0. The molecular formula is C24H25N3O4. The quantitative estimate of drug-likeness (QED) is 0.441. The SMILES string of the molecule is COc1cc(/C=C/C(=O)c2cnn(C)c2C)ccc1OCC(=O)Nc1ccc(C)cc1. The van der Waals surface area contributed by atoms with E-state index in [9.17, 15) is 9.59 Å². The van der Waals surface area contributed by atoms with Gasteiger partial charge in [0.25, 0.3) is 5.91 Å². The molecule has 7 heteroatoms. The summed E-state index contributed by atoms with van der Waals surface area (Å²) in [6.07, 6.45) is 4.75. The number of nitrogens with zero attached hydrogens (tertiary/aromatic N) is 2. The summed E-state index contributed by atoms with van der Waals surface area (Å²) in [6, 6.07) is 12.8. The maximum Gasteiger partial charge on any atom is 0.262 e. The summed E-state index contributed by atoms with van der Waals surface area (Å²) in [5, 5.41) is 6.87. The first kappa shape index (κ1) is 21.8. The molecule has 1 amide bonds. The lowest BCUT2D eigenvalue weighted by molar-refractivity contribution is -0.118. The van der Waals surface area contributed by atoms with Gasteiger partial charge < -0.3 is 14.8 Å². The number of carbonyl (C=O) groups excluding carboxylic acids is 2. The Morgan fingerprint density at radius 1 is 1.10 bits per heavy atom. The first-order valence-electron chi connectivity index (χ1n) is 9.75. The van der Waals surface area contributed by atoms with Gasteiger partial charge in [-0.15, -0.1) is 0 Å². The summed E-state index contributed by atoms with van der Waals surface area (Å²) in [5.41, 5.74) is 3.96. The van der Waals surface area contributed by atoms with Crippen molar-refractivity contribution in [1.82, 2.24) is 9.78 Å². The zero-order valence-corrected chi connectivity index (χ0v) is 18.0. The maximum atomic E-state index is 12.4. The molecule has 0 aliphatic carbocycles. The number of benzene rings is 2. The second-order valence-electron chi connectivity index (χ2n) is 7.08. The number of aryl methyl sites for hydroxylation is 2. The molecular weight excluding hydrogens is 394 g/mol. The highest BCUT2D eigenvalue weighted by atomic mass is 16.5. The number of carbonyl (C=O) groups is 2. The molecule has 0 saturated carbocycles. The number of ether oxygens (including phenoxy) is 2. The molecule has 1 aromatic heterocycles. The lowest BCUT2D eigenvalue weighted by Gasteiger charge is -2.11. The van der Waals surface area contributed by atoms with Crippen molar-refractivity contribution in [2.24, 2.45) is 7.05 Å². The molecule has 0 unspecified atom stereocenters. The molecule has 1 heterocycles. The van der Waals surface area contributed by atoms with E-state index in [1.807, 2.05) is 38.1 Å². The third kappa shape index (κ3) is 5.60. The van der Waals surface area contributed by atoms with Crippen LogP contribution in [0.1, 0.15) is 27.2 Å². The normalized spacial score (nSPS) is 10.8. The smallest absolute Gasteiger partial charge is 0.262 e. The van der Waals surface area contributed by atoms with Crippen molar-refractivity contribution in [2.75, 3.05) is 19.0 Å². The van der Waals surface area contributed by atoms with Crippen molar-refractivity contribution in [3.8, 4) is 11.5 Å². The molecule has 3 rings (SSSR count). The maximum absolute atomic E-state index is 12.4. The Morgan fingerprint density at radius 2 is 1.84 bits per heavy atom. The van der Waals surface area contributed by atoms with Gasteiger partial charge in [0.2, 0.25) is 0 Å². The molecule has 31 heavy (non-hydrogen) atoms. The number of ketones is 1. The van der Waals surface area contributed by atoms with E-state index in [0.29, 0.717) is 22.7 Å². The monoisotopic (exact) mass is 419 g/mol. The molecule has 0 radical (unpaired) electrons. The minimum absolute atomic E-state index is 0.127. The Hall–Kier alpha value is -3.87. The van der Waals surface area contributed by atoms with E-state index in [1.54, 1.807) is 42.2 Å². The number of aromatic nitrogens is 2. The summed E-state index contributed by atoms with van der Waals surface area (Å²) < 4.78 is 12.6. The number of hydrogen-bond acceptors (Lipinski definition) is 5. The fraction of sp³-hybridized carbons (Fsp3) is 0.208. The predicted molar refractivity (Wildman–Crippen MR) is 120 cm³/mol. The van der Waals surface area contributed by atoms with Crippen LogP contribution < -0.4 is 14.8 Å². The summed E-state index contributed by atoms with van der Waals surface area (Å²) in [4.78, 5) is 24.5. The summed E-state index contributed by atoms with van der Waals surface area (Å²) in [7, 11) is 3.31. The van der Waals surface area contributed by atoms with Gasteiger partial charge in [-0.05, 0) is 49.8 Å². The Bertz CT molecular complexity index is 1110. The minimum Gasteiger partial charge on any atom is -0.493 e. The first-order chi connectivity index (χ1) is 14.9. The summed E-state index contributed by atoms with van der Waals surface area (Å²) in [5.74, 6) is 0.508. The molecule has 0 bridgehead atoms. The fourth-order valence-electron chi connectivity index (χ4n) is 2.89. The second kappa shape index (κ2) is 9.75. The highest BCUT2D eigenvalue weighted by Crippen LogP contribution is 2.28.